The van der Waals surface area contributed by atoms with Gasteiger partial charge in [-0.3, -0.25) is 4.90 Å². The van der Waals surface area contributed by atoms with Gasteiger partial charge in [-0.2, -0.15) is 0 Å². The highest BCUT2D eigenvalue weighted by molar-refractivity contribution is 5.74. The van der Waals surface area contributed by atoms with Crippen LogP contribution in [-0.4, -0.2) is 73.5 Å². The first kappa shape index (κ1) is 18.2. The monoisotopic (exact) mass is 347 g/mol. The Morgan fingerprint density at radius 1 is 1.16 bits per heavy atom. The Morgan fingerprint density at radius 3 is 2.60 bits per heavy atom. The van der Waals surface area contributed by atoms with Crippen molar-refractivity contribution >= 4 is 6.03 Å². The van der Waals surface area contributed by atoms with E-state index in [1.54, 1.807) is 0 Å². The zero-order valence-corrected chi connectivity index (χ0v) is 14.8. The van der Waals surface area contributed by atoms with Crippen molar-refractivity contribution < 1.29 is 14.6 Å². The van der Waals surface area contributed by atoms with Gasteiger partial charge >= 0.3 is 6.03 Å². The number of nitrogens with one attached hydrogen (secondary N) is 1. The molecule has 3 rings (SSSR count). The van der Waals surface area contributed by atoms with Crippen molar-refractivity contribution in [1.29, 1.82) is 0 Å². The zero-order valence-electron chi connectivity index (χ0n) is 14.8. The fourth-order valence-electron chi connectivity index (χ4n) is 3.78. The van der Waals surface area contributed by atoms with Crippen LogP contribution in [0.2, 0.25) is 0 Å². The standard InChI is InChI=1S/C19H29N3O3/c23-15-18-10-17(12-21-6-8-25-9-7-21)13-22(14-18)19(24)20-11-16-4-2-1-3-5-16/h1-5,17-18,23H,6-15H2,(H,20,24)/t17-,18+/m1/s1. The van der Waals surface area contributed by atoms with Gasteiger partial charge in [0, 0.05) is 51.8 Å². The van der Waals surface area contributed by atoms with Crippen molar-refractivity contribution in [1.82, 2.24) is 15.1 Å². The lowest BCUT2D eigenvalue weighted by atomic mass is 9.89. The van der Waals surface area contributed by atoms with Crippen LogP contribution < -0.4 is 5.32 Å². The molecule has 2 fully saturated rings. The molecule has 1 aromatic carbocycles. The van der Waals surface area contributed by atoms with Crippen LogP contribution in [0.5, 0.6) is 0 Å². The maximum Gasteiger partial charge on any atom is 0.317 e. The van der Waals surface area contributed by atoms with E-state index in [9.17, 15) is 9.90 Å². The van der Waals surface area contributed by atoms with E-state index in [0.717, 1.165) is 51.4 Å². The first-order valence-corrected chi connectivity index (χ1v) is 9.22. The fraction of sp³-hybridized carbons (Fsp3) is 0.632. The molecule has 0 bridgehead atoms. The predicted octanol–water partition coefficient (Wildman–Crippen LogP) is 1.16. The number of nitrogens with zero attached hydrogens (tertiary/aromatic N) is 2. The lowest BCUT2D eigenvalue weighted by Gasteiger charge is -2.39. The third kappa shape index (κ3) is 5.42. The van der Waals surface area contributed by atoms with Crippen molar-refractivity contribution in [3.05, 3.63) is 35.9 Å². The van der Waals surface area contributed by atoms with E-state index in [2.05, 4.69) is 10.2 Å². The van der Waals surface area contributed by atoms with Gasteiger partial charge in [-0.15, -0.1) is 0 Å². The van der Waals surface area contributed by atoms with Crippen LogP contribution in [0, 0.1) is 11.8 Å². The Bertz CT molecular complexity index is 534. The van der Waals surface area contributed by atoms with E-state index in [0.29, 0.717) is 19.0 Å². The highest BCUT2D eigenvalue weighted by Crippen LogP contribution is 2.23. The number of hydrogen-bond donors (Lipinski definition) is 2. The number of rotatable bonds is 5. The van der Waals surface area contributed by atoms with Gasteiger partial charge in [-0.1, -0.05) is 30.3 Å². The Kier molecular flexibility index (Phi) is 6.67. The number of ether oxygens (including phenoxy) is 1. The summed E-state index contributed by atoms with van der Waals surface area (Å²) >= 11 is 0. The topological polar surface area (TPSA) is 65.0 Å². The van der Waals surface area contributed by atoms with Crippen molar-refractivity contribution in [3.8, 4) is 0 Å². The second-order valence-corrected chi connectivity index (χ2v) is 7.11. The summed E-state index contributed by atoms with van der Waals surface area (Å²) in [5.41, 5.74) is 1.09. The molecule has 2 aliphatic heterocycles. The van der Waals surface area contributed by atoms with Gasteiger partial charge in [-0.25, -0.2) is 4.79 Å². The second kappa shape index (κ2) is 9.17. The van der Waals surface area contributed by atoms with Crippen molar-refractivity contribution in [2.75, 3.05) is 52.5 Å². The summed E-state index contributed by atoms with van der Waals surface area (Å²) in [4.78, 5) is 16.9. The van der Waals surface area contributed by atoms with E-state index in [4.69, 9.17) is 4.74 Å². The van der Waals surface area contributed by atoms with Gasteiger partial charge in [0.2, 0.25) is 0 Å². The predicted molar refractivity (Wildman–Crippen MR) is 96.2 cm³/mol. The number of urea groups is 1. The molecule has 2 heterocycles. The minimum Gasteiger partial charge on any atom is -0.396 e. The molecule has 0 aliphatic carbocycles. The largest absolute Gasteiger partial charge is 0.396 e. The smallest absolute Gasteiger partial charge is 0.317 e. The summed E-state index contributed by atoms with van der Waals surface area (Å²) in [5, 5.41) is 12.6. The normalized spacial score (nSPS) is 24.9. The number of hydrogen-bond acceptors (Lipinski definition) is 4. The van der Waals surface area contributed by atoms with E-state index >= 15 is 0 Å². The Hall–Kier alpha value is -1.63. The average Bonchev–Trinajstić information content (AvgIpc) is 2.67. The molecule has 0 aromatic heterocycles. The summed E-state index contributed by atoms with van der Waals surface area (Å²) in [5.74, 6) is 0.578. The lowest BCUT2D eigenvalue weighted by Crippen LogP contribution is -2.51. The Labute approximate surface area is 149 Å². The highest BCUT2D eigenvalue weighted by Gasteiger charge is 2.31. The van der Waals surface area contributed by atoms with Crippen molar-refractivity contribution in [2.24, 2.45) is 11.8 Å². The Morgan fingerprint density at radius 2 is 1.88 bits per heavy atom. The first-order valence-electron chi connectivity index (χ1n) is 9.22. The van der Waals surface area contributed by atoms with E-state index in [1.807, 2.05) is 35.2 Å². The number of aliphatic hydroxyl groups excluding tert-OH is 1. The minimum atomic E-state index is -0.0334. The van der Waals surface area contributed by atoms with Crippen LogP contribution in [0.3, 0.4) is 0 Å². The van der Waals surface area contributed by atoms with Gasteiger partial charge in [0.1, 0.15) is 0 Å². The number of carbonyl (C=O) groups excluding carboxylic acids is 1. The minimum absolute atomic E-state index is 0.0334. The van der Waals surface area contributed by atoms with Crippen LogP contribution in [0.1, 0.15) is 12.0 Å². The molecule has 1 aromatic rings. The lowest BCUT2D eigenvalue weighted by molar-refractivity contribution is 0.0174. The van der Waals surface area contributed by atoms with Gasteiger partial charge < -0.3 is 20.1 Å². The second-order valence-electron chi connectivity index (χ2n) is 7.11. The number of morpholine rings is 1. The van der Waals surface area contributed by atoms with Gasteiger partial charge in [-0.05, 0) is 17.9 Å². The molecular weight excluding hydrogens is 318 g/mol. The van der Waals surface area contributed by atoms with Gasteiger partial charge in [0.15, 0.2) is 0 Å². The molecule has 138 valence electrons. The van der Waals surface area contributed by atoms with Crippen molar-refractivity contribution in [2.45, 2.75) is 13.0 Å². The average molecular weight is 347 g/mol. The number of benzene rings is 1. The number of piperidine rings is 1. The molecule has 6 nitrogen and oxygen atoms in total. The molecule has 2 N–H and O–H groups in total. The fourth-order valence-corrected chi connectivity index (χ4v) is 3.78. The molecule has 25 heavy (non-hydrogen) atoms. The third-order valence-electron chi connectivity index (χ3n) is 5.08. The maximum atomic E-state index is 12.6. The highest BCUT2D eigenvalue weighted by atomic mass is 16.5. The first-order chi connectivity index (χ1) is 12.2. The summed E-state index contributed by atoms with van der Waals surface area (Å²) in [6.07, 6.45) is 0.982. The molecule has 2 saturated heterocycles. The third-order valence-corrected chi connectivity index (χ3v) is 5.08. The number of likely N-dealkylation sites (tertiary alicyclic amines) is 1. The number of aliphatic hydroxyl groups is 1. The summed E-state index contributed by atoms with van der Waals surface area (Å²) < 4.78 is 5.41. The van der Waals surface area contributed by atoms with Gasteiger partial charge in [0.25, 0.3) is 0 Å². The number of carbonyl (C=O) groups is 1. The molecule has 0 spiro atoms. The molecule has 6 heteroatoms. The van der Waals surface area contributed by atoms with E-state index in [-0.39, 0.29) is 18.6 Å². The zero-order chi connectivity index (χ0) is 17.5. The van der Waals surface area contributed by atoms with Crippen molar-refractivity contribution in [3.63, 3.8) is 0 Å². The van der Waals surface area contributed by atoms with E-state index < -0.39 is 0 Å². The molecule has 2 amide bonds. The van der Waals surface area contributed by atoms with Crippen LogP contribution in [0.4, 0.5) is 4.79 Å². The van der Waals surface area contributed by atoms with Crippen LogP contribution in [0.25, 0.3) is 0 Å². The molecule has 0 radical (unpaired) electrons. The molecule has 0 unspecified atom stereocenters. The van der Waals surface area contributed by atoms with Gasteiger partial charge in [0.05, 0.1) is 13.2 Å². The van der Waals surface area contributed by atoms with Crippen LogP contribution in [0.15, 0.2) is 30.3 Å². The van der Waals surface area contributed by atoms with Crippen LogP contribution >= 0.6 is 0 Å². The van der Waals surface area contributed by atoms with E-state index in [1.165, 1.54) is 0 Å². The summed E-state index contributed by atoms with van der Waals surface area (Å²) in [6, 6.07) is 9.90. The summed E-state index contributed by atoms with van der Waals surface area (Å²) in [7, 11) is 0. The molecule has 2 aliphatic rings. The number of amides is 2. The summed E-state index contributed by atoms with van der Waals surface area (Å²) in [6.45, 7) is 6.54. The molecule has 2 atom stereocenters. The molecule has 0 saturated carbocycles. The SMILES string of the molecule is O=C(NCc1ccccc1)N1C[C@@H](CN2CCOCC2)C[C@H](CO)C1. The quantitative estimate of drug-likeness (QED) is 0.839. The maximum absolute atomic E-state index is 12.6. The molecular formula is C19H29N3O3. The Balaban J connectivity index is 1.52. The van der Waals surface area contributed by atoms with Crippen LogP contribution in [-0.2, 0) is 11.3 Å².